The number of amides is 1. The Balaban J connectivity index is 2.72. The molecule has 1 aromatic carbocycles. The fourth-order valence-corrected chi connectivity index (χ4v) is 2.57. The zero-order valence-electron chi connectivity index (χ0n) is 17.3. The van der Waals surface area contributed by atoms with Gasteiger partial charge in [0.2, 0.25) is 0 Å². The van der Waals surface area contributed by atoms with Crippen molar-refractivity contribution in [1.29, 1.82) is 0 Å². The lowest BCUT2D eigenvalue weighted by Crippen LogP contribution is -2.45. The van der Waals surface area contributed by atoms with E-state index in [-0.39, 0.29) is 18.4 Å². The molecule has 1 amide bonds. The molecule has 0 saturated carbocycles. The van der Waals surface area contributed by atoms with E-state index in [9.17, 15) is 14.4 Å². The van der Waals surface area contributed by atoms with Crippen LogP contribution >= 0.6 is 0 Å². The van der Waals surface area contributed by atoms with E-state index in [4.69, 9.17) is 14.2 Å². The Morgan fingerprint density at radius 3 is 2.07 bits per heavy atom. The average Bonchev–Trinajstić information content (AvgIpc) is 2.64. The maximum absolute atomic E-state index is 12.6. The molecule has 0 aromatic heterocycles. The molecule has 2 atom stereocenters. The summed E-state index contributed by atoms with van der Waals surface area (Å²) in [5, 5.41) is 2.55. The molecule has 0 heterocycles. The maximum atomic E-state index is 12.6. The maximum Gasteiger partial charge on any atom is 0.408 e. The fourth-order valence-electron chi connectivity index (χ4n) is 2.57. The van der Waals surface area contributed by atoms with Gasteiger partial charge in [-0.15, -0.1) is 0 Å². The van der Waals surface area contributed by atoms with Gasteiger partial charge in [-0.2, -0.15) is 0 Å². The van der Waals surface area contributed by atoms with Crippen LogP contribution in [0.5, 0.6) is 0 Å². The van der Waals surface area contributed by atoms with Gasteiger partial charge in [-0.3, -0.25) is 0 Å². The highest BCUT2D eigenvalue weighted by molar-refractivity contribution is 5.84. The molecule has 0 fully saturated rings. The normalized spacial score (nSPS) is 13.0. The number of rotatable bonds is 10. The van der Waals surface area contributed by atoms with Crippen LogP contribution in [0.2, 0.25) is 0 Å². The van der Waals surface area contributed by atoms with Crippen LogP contribution in [0.1, 0.15) is 46.1 Å². The topological polar surface area (TPSA) is 90.9 Å². The Labute approximate surface area is 166 Å². The summed E-state index contributed by atoms with van der Waals surface area (Å²) < 4.78 is 15.3. The fraction of sp³-hybridized carbons (Fsp3) is 0.571. The van der Waals surface area contributed by atoms with Gasteiger partial charge in [-0.25, -0.2) is 14.4 Å². The van der Waals surface area contributed by atoms with Crippen LogP contribution in [0.15, 0.2) is 30.3 Å². The highest BCUT2D eigenvalue weighted by atomic mass is 16.6. The SMILES string of the molecule is COC(=O)[C@H](CC(C)C)OC(=O)[C@H](CC(C)C)NC(=O)OCc1ccccc1. The van der Waals surface area contributed by atoms with Crippen LogP contribution in [0.3, 0.4) is 0 Å². The number of nitrogens with one attached hydrogen (secondary N) is 1. The number of ether oxygens (including phenoxy) is 3. The summed E-state index contributed by atoms with van der Waals surface area (Å²) >= 11 is 0. The van der Waals surface area contributed by atoms with Crippen LogP contribution < -0.4 is 5.32 Å². The van der Waals surface area contributed by atoms with Gasteiger partial charge in [0.25, 0.3) is 0 Å². The Morgan fingerprint density at radius 1 is 0.929 bits per heavy atom. The van der Waals surface area contributed by atoms with Crippen molar-refractivity contribution >= 4 is 18.0 Å². The highest BCUT2D eigenvalue weighted by Gasteiger charge is 2.30. The van der Waals surface area contributed by atoms with Crippen molar-refractivity contribution in [3.8, 4) is 0 Å². The molecule has 7 heteroatoms. The van der Waals surface area contributed by atoms with E-state index in [1.165, 1.54) is 7.11 Å². The van der Waals surface area contributed by atoms with Gasteiger partial charge in [0.05, 0.1) is 7.11 Å². The minimum atomic E-state index is -1.01. The van der Waals surface area contributed by atoms with Crippen molar-refractivity contribution in [2.45, 2.75) is 59.3 Å². The second-order valence-corrected chi connectivity index (χ2v) is 7.47. The van der Waals surface area contributed by atoms with E-state index in [0.717, 1.165) is 5.56 Å². The molecule has 28 heavy (non-hydrogen) atoms. The molecule has 0 bridgehead atoms. The molecule has 0 radical (unpaired) electrons. The van der Waals surface area contributed by atoms with Crippen LogP contribution in [-0.4, -0.2) is 37.3 Å². The summed E-state index contributed by atoms with van der Waals surface area (Å²) in [5.41, 5.74) is 0.836. The largest absolute Gasteiger partial charge is 0.466 e. The summed E-state index contributed by atoms with van der Waals surface area (Å²) in [6.07, 6.45) is -1.03. The first-order chi connectivity index (χ1) is 13.2. The highest BCUT2D eigenvalue weighted by Crippen LogP contribution is 2.14. The number of benzene rings is 1. The summed E-state index contributed by atoms with van der Waals surface area (Å²) in [6, 6.07) is 8.31. The lowest BCUT2D eigenvalue weighted by Gasteiger charge is -2.23. The lowest BCUT2D eigenvalue weighted by atomic mass is 10.0. The van der Waals surface area contributed by atoms with Crippen LogP contribution in [-0.2, 0) is 30.4 Å². The van der Waals surface area contributed by atoms with Crippen molar-refractivity contribution < 1.29 is 28.6 Å². The predicted octanol–water partition coefficient (Wildman–Crippen LogP) is 3.46. The first-order valence-corrected chi connectivity index (χ1v) is 9.48. The molecule has 0 aliphatic heterocycles. The second kappa shape index (κ2) is 12.0. The van der Waals surface area contributed by atoms with Gasteiger partial charge in [0, 0.05) is 0 Å². The van der Waals surface area contributed by atoms with E-state index in [0.29, 0.717) is 12.8 Å². The Kier molecular flexibility index (Phi) is 10.1. The number of hydrogen-bond acceptors (Lipinski definition) is 6. The monoisotopic (exact) mass is 393 g/mol. The molecule has 0 aliphatic rings. The van der Waals surface area contributed by atoms with Crippen molar-refractivity contribution in [2.24, 2.45) is 11.8 Å². The van der Waals surface area contributed by atoms with E-state index in [1.54, 1.807) is 0 Å². The molecule has 1 aromatic rings. The number of methoxy groups -OCH3 is 1. The van der Waals surface area contributed by atoms with E-state index in [1.807, 2.05) is 58.0 Å². The second-order valence-electron chi connectivity index (χ2n) is 7.47. The standard InChI is InChI=1S/C21H31NO6/c1-14(2)11-17(19(23)28-18(12-15(3)4)20(24)26-5)22-21(25)27-13-16-9-7-6-8-10-16/h6-10,14-15,17-18H,11-13H2,1-5H3,(H,22,25)/t17-,18-/m0/s1. The van der Waals surface area contributed by atoms with E-state index < -0.39 is 30.2 Å². The van der Waals surface area contributed by atoms with Crippen LogP contribution in [0.25, 0.3) is 0 Å². The third-order valence-corrected chi connectivity index (χ3v) is 3.90. The van der Waals surface area contributed by atoms with Gasteiger partial charge < -0.3 is 19.5 Å². The molecular formula is C21H31NO6. The smallest absolute Gasteiger partial charge is 0.408 e. The van der Waals surface area contributed by atoms with Gasteiger partial charge in [0.1, 0.15) is 12.6 Å². The number of hydrogen-bond donors (Lipinski definition) is 1. The summed E-state index contributed by atoms with van der Waals surface area (Å²) in [5.74, 6) is -1.05. The van der Waals surface area contributed by atoms with E-state index >= 15 is 0 Å². The zero-order valence-corrected chi connectivity index (χ0v) is 17.3. The first-order valence-electron chi connectivity index (χ1n) is 9.48. The number of carbonyl (C=O) groups excluding carboxylic acids is 3. The zero-order chi connectivity index (χ0) is 21.1. The van der Waals surface area contributed by atoms with Crippen molar-refractivity contribution in [3.63, 3.8) is 0 Å². The molecule has 1 rings (SSSR count). The van der Waals surface area contributed by atoms with E-state index in [2.05, 4.69) is 5.32 Å². The number of carbonyl (C=O) groups is 3. The Hall–Kier alpha value is -2.57. The van der Waals surface area contributed by atoms with Crippen molar-refractivity contribution in [1.82, 2.24) is 5.32 Å². The van der Waals surface area contributed by atoms with Crippen LogP contribution in [0.4, 0.5) is 4.79 Å². The quantitative estimate of drug-likeness (QED) is 0.484. The number of alkyl carbamates (subject to hydrolysis) is 1. The average molecular weight is 393 g/mol. The molecule has 7 nitrogen and oxygen atoms in total. The predicted molar refractivity (Wildman–Crippen MR) is 104 cm³/mol. The molecule has 0 spiro atoms. The molecule has 0 aliphatic carbocycles. The first kappa shape index (κ1) is 23.5. The van der Waals surface area contributed by atoms with Gasteiger partial charge in [-0.05, 0) is 30.2 Å². The molecule has 0 saturated heterocycles. The minimum Gasteiger partial charge on any atom is -0.466 e. The Bertz CT molecular complexity index is 629. The van der Waals surface area contributed by atoms with Crippen molar-refractivity contribution in [3.05, 3.63) is 35.9 Å². The summed E-state index contributed by atoms with van der Waals surface area (Å²) in [7, 11) is 1.24. The molecule has 0 unspecified atom stereocenters. The lowest BCUT2D eigenvalue weighted by molar-refractivity contribution is -0.168. The molecule has 1 N–H and O–H groups in total. The van der Waals surface area contributed by atoms with Gasteiger partial charge in [-0.1, -0.05) is 58.0 Å². The molecule has 156 valence electrons. The van der Waals surface area contributed by atoms with Crippen molar-refractivity contribution in [2.75, 3.05) is 7.11 Å². The third-order valence-electron chi connectivity index (χ3n) is 3.90. The summed E-state index contributed by atoms with van der Waals surface area (Å²) in [6.45, 7) is 7.75. The summed E-state index contributed by atoms with van der Waals surface area (Å²) in [4.78, 5) is 36.6. The molecular weight excluding hydrogens is 362 g/mol. The van der Waals surface area contributed by atoms with Gasteiger partial charge >= 0.3 is 18.0 Å². The van der Waals surface area contributed by atoms with Gasteiger partial charge in [0.15, 0.2) is 6.10 Å². The third kappa shape index (κ3) is 8.88. The number of esters is 2. The minimum absolute atomic E-state index is 0.0915. The Morgan fingerprint density at radius 2 is 1.54 bits per heavy atom. The van der Waals surface area contributed by atoms with Crippen LogP contribution in [0, 0.1) is 11.8 Å².